The number of nitrogens with two attached hydrogens (primary N) is 1. The molecule has 0 aromatic carbocycles. The molecular weight excluding hydrogens is 348 g/mol. The number of oxime groups is 1. The highest BCUT2D eigenvalue weighted by Gasteiger charge is 2.59. The average molecular weight is 391 g/mol. The van der Waals surface area contributed by atoms with Gasteiger partial charge in [-0.2, -0.15) is 0 Å². The number of hydrogen-bond acceptors (Lipinski definition) is 4. The Morgan fingerprint density at radius 3 is 2.61 bits per heavy atom. The quantitative estimate of drug-likeness (QED) is 0.391. The summed E-state index contributed by atoms with van der Waals surface area (Å²) < 4.78 is 0. The molecule has 4 aliphatic rings. The van der Waals surface area contributed by atoms with E-state index in [9.17, 15) is 5.11 Å². The van der Waals surface area contributed by atoms with E-state index in [0.717, 1.165) is 55.9 Å². The Morgan fingerprint density at radius 2 is 1.79 bits per heavy atom. The number of nitrogens with zero attached hydrogens (tertiary/aromatic N) is 1. The molecule has 4 nitrogen and oxygen atoms in total. The molecule has 0 spiro atoms. The SMILES string of the molecule is C[C@]12CC[C@H](O)C[C@H]1CC[C@@H]1[C@@H]2CC[C@]2(C)[C@@H](/C=N/OCCCCN)CC[C@@H]12. The van der Waals surface area contributed by atoms with Crippen LogP contribution >= 0.6 is 0 Å². The van der Waals surface area contributed by atoms with Gasteiger partial charge in [-0.25, -0.2) is 0 Å². The number of aliphatic hydroxyl groups is 1. The van der Waals surface area contributed by atoms with E-state index in [1.807, 2.05) is 0 Å². The van der Waals surface area contributed by atoms with Crippen molar-refractivity contribution in [1.82, 2.24) is 0 Å². The first-order valence-electron chi connectivity index (χ1n) is 12.0. The summed E-state index contributed by atoms with van der Waals surface area (Å²) in [4.78, 5) is 5.52. The number of unbranched alkanes of at least 4 members (excludes halogenated alkanes) is 1. The molecule has 0 bridgehead atoms. The molecule has 4 fully saturated rings. The maximum atomic E-state index is 10.2. The van der Waals surface area contributed by atoms with Gasteiger partial charge in [-0.3, -0.25) is 0 Å². The highest BCUT2D eigenvalue weighted by atomic mass is 16.6. The Bertz CT molecular complexity index is 567. The molecule has 8 atom stereocenters. The molecule has 4 heteroatoms. The molecule has 3 N–H and O–H groups in total. The predicted molar refractivity (Wildman–Crippen MR) is 114 cm³/mol. The van der Waals surface area contributed by atoms with Crippen LogP contribution in [0.2, 0.25) is 0 Å². The predicted octanol–water partition coefficient (Wildman–Crippen LogP) is 4.75. The number of rotatable bonds is 6. The monoisotopic (exact) mass is 390 g/mol. The van der Waals surface area contributed by atoms with Crippen molar-refractivity contribution in [3.8, 4) is 0 Å². The van der Waals surface area contributed by atoms with Crippen molar-refractivity contribution in [3.63, 3.8) is 0 Å². The molecular formula is C24H42N2O2. The zero-order chi connectivity index (χ0) is 19.8. The van der Waals surface area contributed by atoms with Gasteiger partial charge in [0.05, 0.1) is 6.10 Å². The Balaban J connectivity index is 1.41. The van der Waals surface area contributed by atoms with Crippen molar-refractivity contribution >= 4 is 6.21 Å². The zero-order valence-corrected chi connectivity index (χ0v) is 18.1. The van der Waals surface area contributed by atoms with E-state index in [-0.39, 0.29) is 6.10 Å². The van der Waals surface area contributed by atoms with Crippen molar-refractivity contribution in [2.24, 2.45) is 51.3 Å². The van der Waals surface area contributed by atoms with Crippen LogP contribution in [0.25, 0.3) is 0 Å². The lowest BCUT2D eigenvalue weighted by atomic mass is 9.45. The van der Waals surface area contributed by atoms with Gasteiger partial charge in [-0.05, 0) is 112 Å². The molecule has 0 radical (unpaired) electrons. The summed E-state index contributed by atoms with van der Waals surface area (Å²) in [6.07, 6.45) is 15.5. The van der Waals surface area contributed by atoms with E-state index in [4.69, 9.17) is 10.6 Å². The second kappa shape index (κ2) is 8.26. The van der Waals surface area contributed by atoms with Crippen molar-refractivity contribution in [1.29, 1.82) is 0 Å². The minimum Gasteiger partial charge on any atom is -0.396 e. The summed E-state index contributed by atoms with van der Waals surface area (Å²) in [5.41, 5.74) is 6.42. The fraction of sp³-hybridized carbons (Fsp3) is 0.958. The van der Waals surface area contributed by atoms with Crippen LogP contribution in [0.3, 0.4) is 0 Å². The van der Waals surface area contributed by atoms with E-state index < -0.39 is 0 Å². The number of hydrogen-bond donors (Lipinski definition) is 2. The molecule has 4 aliphatic carbocycles. The third kappa shape index (κ3) is 3.53. The van der Waals surface area contributed by atoms with E-state index in [2.05, 4.69) is 25.2 Å². The lowest BCUT2D eigenvalue weighted by Gasteiger charge is -2.60. The van der Waals surface area contributed by atoms with Gasteiger partial charge in [0.1, 0.15) is 6.61 Å². The number of fused-ring (bicyclic) bond motifs is 5. The van der Waals surface area contributed by atoms with E-state index in [0.29, 0.717) is 23.4 Å². The van der Waals surface area contributed by atoms with E-state index in [1.54, 1.807) is 0 Å². The van der Waals surface area contributed by atoms with Crippen LogP contribution < -0.4 is 5.73 Å². The summed E-state index contributed by atoms with van der Waals surface area (Å²) in [6.45, 7) is 6.55. The minimum atomic E-state index is -0.0413. The van der Waals surface area contributed by atoms with Crippen LogP contribution in [-0.2, 0) is 4.84 Å². The van der Waals surface area contributed by atoms with Crippen molar-refractivity contribution in [2.75, 3.05) is 13.2 Å². The Kier molecular flexibility index (Phi) is 6.09. The summed E-state index contributed by atoms with van der Waals surface area (Å²) in [5.74, 6) is 3.94. The molecule has 4 saturated carbocycles. The second-order valence-corrected chi connectivity index (χ2v) is 10.9. The zero-order valence-electron chi connectivity index (χ0n) is 18.1. The average Bonchev–Trinajstić information content (AvgIpc) is 3.01. The summed E-state index contributed by atoms with van der Waals surface area (Å²) in [7, 11) is 0. The van der Waals surface area contributed by atoms with Gasteiger partial charge in [-0.15, -0.1) is 0 Å². The third-order valence-electron chi connectivity index (χ3n) is 9.72. The maximum absolute atomic E-state index is 10.2. The largest absolute Gasteiger partial charge is 0.396 e. The van der Waals surface area contributed by atoms with Crippen molar-refractivity contribution < 1.29 is 9.94 Å². The lowest BCUT2D eigenvalue weighted by molar-refractivity contribution is -0.123. The van der Waals surface area contributed by atoms with E-state index >= 15 is 0 Å². The van der Waals surface area contributed by atoms with Gasteiger partial charge in [0.25, 0.3) is 0 Å². The van der Waals surface area contributed by atoms with Crippen LogP contribution in [0.1, 0.15) is 84.5 Å². The second-order valence-electron chi connectivity index (χ2n) is 10.9. The van der Waals surface area contributed by atoms with Gasteiger partial charge in [0, 0.05) is 12.1 Å². The van der Waals surface area contributed by atoms with Crippen LogP contribution in [0.5, 0.6) is 0 Å². The van der Waals surface area contributed by atoms with Crippen LogP contribution in [0, 0.1) is 40.4 Å². The first-order valence-corrected chi connectivity index (χ1v) is 12.0. The highest BCUT2D eigenvalue weighted by molar-refractivity contribution is 5.62. The summed E-state index contributed by atoms with van der Waals surface area (Å²) in [6, 6.07) is 0. The molecule has 0 amide bonds. The minimum absolute atomic E-state index is 0.0413. The van der Waals surface area contributed by atoms with Gasteiger partial charge in [0.15, 0.2) is 0 Å². The Labute approximate surface area is 171 Å². The van der Waals surface area contributed by atoms with Crippen molar-refractivity contribution in [2.45, 2.75) is 90.6 Å². The standard InChI is InChI=1S/C24H42N2O2/c1-23-11-9-19(27)15-17(23)5-7-20-21-8-6-18(16-26-28-14-4-3-13-25)24(21,2)12-10-22(20)23/h16-22,27H,3-15,25H2,1-2H3/b26-16+/t17-,18-,19+,20+,21+,22+,23+,24-/m1/s1. The molecule has 4 rings (SSSR count). The fourth-order valence-corrected chi connectivity index (χ4v) is 8.00. The summed E-state index contributed by atoms with van der Waals surface area (Å²) in [5, 5.41) is 14.6. The van der Waals surface area contributed by atoms with Crippen molar-refractivity contribution in [3.05, 3.63) is 0 Å². The first-order chi connectivity index (χ1) is 13.5. The topological polar surface area (TPSA) is 67.8 Å². The van der Waals surface area contributed by atoms with Crippen LogP contribution in [-0.4, -0.2) is 30.6 Å². The normalized spacial score (nSPS) is 48.1. The smallest absolute Gasteiger partial charge is 0.117 e. The molecule has 0 saturated heterocycles. The van der Waals surface area contributed by atoms with Gasteiger partial charge >= 0.3 is 0 Å². The van der Waals surface area contributed by atoms with Gasteiger partial charge < -0.3 is 15.7 Å². The van der Waals surface area contributed by atoms with Gasteiger partial charge in [-0.1, -0.05) is 19.0 Å². The fourth-order valence-electron chi connectivity index (χ4n) is 8.00. The molecule has 28 heavy (non-hydrogen) atoms. The lowest BCUT2D eigenvalue weighted by Crippen LogP contribution is -2.54. The van der Waals surface area contributed by atoms with Gasteiger partial charge in [0.2, 0.25) is 0 Å². The molecule has 0 aromatic rings. The van der Waals surface area contributed by atoms with Crippen LogP contribution in [0.4, 0.5) is 0 Å². The molecule has 0 unspecified atom stereocenters. The van der Waals surface area contributed by atoms with E-state index in [1.165, 1.54) is 44.9 Å². The Morgan fingerprint density at radius 1 is 1.00 bits per heavy atom. The molecule has 0 heterocycles. The van der Waals surface area contributed by atoms with Crippen LogP contribution in [0.15, 0.2) is 5.16 Å². The molecule has 0 aromatic heterocycles. The summed E-state index contributed by atoms with van der Waals surface area (Å²) >= 11 is 0. The third-order valence-corrected chi connectivity index (χ3v) is 9.72. The first kappa shape index (κ1) is 20.7. The Hall–Kier alpha value is -0.610. The number of aliphatic hydroxyl groups excluding tert-OH is 1. The maximum Gasteiger partial charge on any atom is 0.117 e. The highest BCUT2D eigenvalue weighted by Crippen LogP contribution is 2.67. The molecule has 160 valence electrons. The molecule has 0 aliphatic heterocycles.